The van der Waals surface area contributed by atoms with Gasteiger partial charge in [-0.25, -0.2) is 0 Å². The smallest absolute Gasteiger partial charge is 0.115 e. The standard InChI is InChI=1S/C13H19ClO/c1-2-4-12(14)6-3-5-11-7-9-13(15)10-8-11/h7-10,12,15H,2-6H2,1H3. The molecule has 1 N–H and O–H groups in total. The van der Waals surface area contributed by atoms with Crippen molar-refractivity contribution in [3.05, 3.63) is 29.8 Å². The first-order valence-corrected chi connectivity index (χ1v) is 6.08. The monoisotopic (exact) mass is 226 g/mol. The molecule has 0 aliphatic carbocycles. The maximum absolute atomic E-state index is 9.12. The second-order valence-electron chi connectivity index (χ2n) is 3.94. The van der Waals surface area contributed by atoms with Gasteiger partial charge in [-0.15, -0.1) is 11.6 Å². The van der Waals surface area contributed by atoms with Crippen LogP contribution in [0.5, 0.6) is 5.75 Å². The van der Waals surface area contributed by atoms with Crippen LogP contribution in [0.25, 0.3) is 0 Å². The molecule has 0 spiro atoms. The number of halogens is 1. The highest BCUT2D eigenvalue weighted by atomic mass is 35.5. The van der Waals surface area contributed by atoms with E-state index in [0.29, 0.717) is 11.1 Å². The molecule has 1 nitrogen and oxygen atoms in total. The summed E-state index contributed by atoms with van der Waals surface area (Å²) < 4.78 is 0. The third-order valence-corrected chi connectivity index (χ3v) is 2.96. The maximum Gasteiger partial charge on any atom is 0.115 e. The molecule has 0 amide bonds. The summed E-state index contributed by atoms with van der Waals surface area (Å²) in [6.45, 7) is 2.16. The number of hydrogen-bond donors (Lipinski definition) is 1. The molecular weight excluding hydrogens is 208 g/mol. The molecule has 1 aromatic rings. The van der Waals surface area contributed by atoms with Crippen molar-refractivity contribution in [2.24, 2.45) is 0 Å². The third-order valence-electron chi connectivity index (χ3n) is 2.52. The fourth-order valence-corrected chi connectivity index (χ4v) is 2.02. The number of benzene rings is 1. The quantitative estimate of drug-likeness (QED) is 0.724. The van der Waals surface area contributed by atoms with Gasteiger partial charge in [-0.05, 0) is 43.4 Å². The molecule has 0 saturated carbocycles. The number of rotatable bonds is 6. The van der Waals surface area contributed by atoms with Gasteiger partial charge < -0.3 is 5.11 Å². The SMILES string of the molecule is CCCC(Cl)CCCc1ccc(O)cc1. The normalized spacial score (nSPS) is 12.7. The van der Waals surface area contributed by atoms with Crippen molar-refractivity contribution in [2.75, 3.05) is 0 Å². The molecule has 15 heavy (non-hydrogen) atoms. The van der Waals surface area contributed by atoms with E-state index in [1.165, 1.54) is 5.56 Å². The van der Waals surface area contributed by atoms with Gasteiger partial charge in [0.15, 0.2) is 0 Å². The third kappa shape index (κ3) is 5.08. The van der Waals surface area contributed by atoms with Crippen molar-refractivity contribution in [2.45, 2.75) is 44.4 Å². The molecule has 0 aliphatic rings. The zero-order chi connectivity index (χ0) is 11.1. The lowest BCUT2D eigenvalue weighted by Crippen LogP contribution is -1.98. The predicted octanol–water partition coefficient (Wildman–Crippen LogP) is 4.12. The fourth-order valence-electron chi connectivity index (χ4n) is 1.65. The van der Waals surface area contributed by atoms with Crippen LogP contribution in [0.4, 0.5) is 0 Å². The summed E-state index contributed by atoms with van der Waals surface area (Å²) in [6, 6.07) is 7.41. The van der Waals surface area contributed by atoms with E-state index < -0.39 is 0 Å². The van der Waals surface area contributed by atoms with Crippen LogP contribution >= 0.6 is 11.6 Å². The molecular formula is C13H19ClO. The van der Waals surface area contributed by atoms with E-state index >= 15 is 0 Å². The molecule has 0 saturated heterocycles. The molecule has 84 valence electrons. The zero-order valence-electron chi connectivity index (χ0n) is 9.25. The first kappa shape index (κ1) is 12.4. The van der Waals surface area contributed by atoms with E-state index in [2.05, 4.69) is 6.92 Å². The number of aromatic hydroxyl groups is 1. The molecule has 1 atom stereocenters. The van der Waals surface area contributed by atoms with Crippen LogP contribution in [0, 0.1) is 0 Å². The maximum atomic E-state index is 9.12. The average molecular weight is 227 g/mol. The van der Waals surface area contributed by atoms with Gasteiger partial charge in [-0.3, -0.25) is 0 Å². The highest BCUT2D eigenvalue weighted by Gasteiger charge is 2.02. The van der Waals surface area contributed by atoms with Crippen LogP contribution in [0.1, 0.15) is 38.2 Å². The minimum atomic E-state index is 0.326. The molecule has 1 aromatic carbocycles. The van der Waals surface area contributed by atoms with Crippen molar-refractivity contribution in [3.63, 3.8) is 0 Å². The second kappa shape index (κ2) is 6.73. The summed E-state index contributed by atoms with van der Waals surface area (Å²) in [5, 5.41) is 9.45. The van der Waals surface area contributed by atoms with Gasteiger partial charge in [-0.2, -0.15) is 0 Å². The topological polar surface area (TPSA) is 20.2 Å². The number of phenols is 1. The molecule has 1 rings (SSSR count). The largest absolute Gasteiger partial charge is 0.508 e. The molecule has 0 aromatic heterocycles. The average Bonchev–Trinajstić information content (AvgIpc) is 2.21. The van der Waals surface area contributed by atoms with Gasteiger partial charge >= 0.3 is 0 Å². The zero-order valence-corrected chi connectivity index (χ0v) is 10.0. The highest BCUT2D eigenvalue weighted by Crippen LogP contribution is 2.16. The summed E-state index contributed by atoms with van der Waals surface area (Å²) in [4.78, 5) is 0. The van der Waals surface area contributed by atoms with Crippen LogP contribution in [-0.4, -0.2) is 10.5 Å². The van der Waals surface area contributed by atoms with E-state index in [9.17, 15) is 0 Å². The van der Waals surface area contributed by atoms with E-state index in [1.54, 1.807) is 12.1 Å². The van der Waals surface area contributed by atoms with Gasteiger partial charge in [0, 0.05) is 5.38 Å². The number of phenolic OH excluding ortho intramolecular Hbond substituents is 1. The van der Waals surface area contributed by atoms with Gasteiger partial charge in [0.25, 0.3) is 0 Å². The molecule has 1 unspecified atom stereocenters. The molecule has 0 bridgehead atoms. The van der Waals surface area contributed by atoms with Crippen molar-refractivity contribution < 1.29 is 5.11 Å². The van der Waals surface area contributed by atoms with Crippen molar-refractivity contribution in [3.8, 4) is 5.75 Å². The van der Waals surface area contributed by atoms with E-state index in [-0.39, 0.29) is 0 Å². The predicted molar refractivity (Wildman–Crippen MR) is 65.6 cm³/mol. The first-order chi connectivity index (χ1) is 7.22. The van der Waals surface area contributed by atoms with E-state index in [1.807, 2.05) is 12.1 Å². The van der Waals surface area contributed by atoms with Crippen LogP contribution in [0.2, 0.25) is 0 Å². The Kier molecular flexibility index (Phi) is 5.56. The van der Waals surface area contributed by atoms with Gasteiger partial charge in [0.1, 0.15) is 5.75 Å². The van der Waals surface area contributed by atoms with Crippen LogP contribution in [0.3, 0.4) is 0 Å². The number of alkyl halides is 1. The van der Waals surface area contributed by atoms with Gasteiger partial charge in [-0.1, -0.05) is 25.5 Å². The highest BCUT2D eigenvalue weighted by molar-refractivity contribution is 6.20. The minimum Gasteiger partial charge on any atom is -0.508 e. The molecule has 0 heterocycles. The number of aryl methyl sites for hydroxylation is 1. The Balaban J connectivity index is 2.22. The van der Waals surface area contributed by atoms with Crippen molar-refractivity contribution >= 4 is 11.6 Å². The fraction of sp³-hybridized carbons (Fsp3) is 0.538. The summed E-state index contributed by atoms with van der Waals surface area (Å²) in [5.74, 6) is 0.333. The Morgan fingerprint density at radius 1 is 1.20 bits per heavy atom. The summed E-state index contributed by atoms with van der Waals surface area (Å²) >= 11 is 6.13. The summed E-state index contributed by atoms with van der Waals surface area (Å²) in [6.07, 6.45) is 5.52. The Morgan fingerprint density at radius 2 is 1.87 bits per heavy atom. The second-order valence-corrected chi connectivity index (χ2v) is 4.56. The molecule has 0 aliphatic heterocycles. The first-order valence-electron chi connectivity index (χ1n) is 5.64. The number of hydrogen-bond acceptors (Lipinski definition) is 1. The van der Waals surface area contributed by atoms with Crippen molar-refractivity contribution in [1.82, 2.24) is 0 Å². The summed E-state index contributed by atoms with van der Waals surface area (Å²) in [5.41, 5.74) is 1.27. The Morgan fingerprint density at radius 3 is 2.47 bits per heavy atom. The van der Waals surface area contributed by atoms with Crippen molar-refractivity contribution in [1.29, 1.82) is 0 Å². The molecule has 0 radical (unpaired) electrons. The summed E-state index contributed by atoms with van der Waals surface area (Å²) in [7, 11) is 0. The Bertz CT molecular complexity index is 268. The van der Waals surface area contributed by atoms with E-state index in [0.717, 1.165) is 32.1 Å². The van der Waals surface area contributed by atoms with Crippen LogP contribution in [-0.2, 0) is 6.42 Å². The lowest BCUT2D eigenvalue weighted by Gasteiger charge is -2.07. The van der Waals surface area contributed by atoms with Gasteiger partial charge in [0.2, 0.25) is 0 Å². The van der Waals surface area contributed by atoms with Crippen LogP contribution in [0.15, 0.2) is 24.3 Å². The Hall–Kier alpha value is -0.690. The lowest BCUT2D eigenvalue weighted by molar-refractivity contribution is 0.475. The molecule has 0 fully saturated rings. The lowest BCUT2D eigenvalue weighted by atomic mass is 10.1. The Labute approximate surface area is 97.1 Å². The molecule has 2 heteroatoms. The van der Waals surface area contributed by atoms with E-state index in [4.69, 9.17) is 16.7 Å². The minimum absolute atomic E-state index is 0.326. The van der Waals surface area contributed by atoms with Gasteiger partial charge in [0.05, 0.1) is 0 Å². The van der Waals surface area contributed by atoms with Crippen LogP contribution < -0.4 is 0 Å².